The van der Waals surface area contributed by atoms with Crippen LogP contribution in [0.4, 0.5) is 0 Å². The number of aromatic nitrogens is 2. The van der Waals surface area contributed by atoms with E-state index in [0.29, 0.717) is 0 Å². The molecule has 0 aliphatic rings. The summed E-state index contributed by atoms with van der Waals surface area (Å²) in [4.78, 5) is 0. The fraction of sp³-hybridized carbons (Fsp3) is 0.357. The number of nitrogens with zero attached hydrogens (tertiary/aromatic N) is 2. The summed E-state index contributed by atoms with van der Waals surface area (Å²) in [5, 5.41) is 8.34. The number of hydrogen-bond donors (Lipinski definition) is 1. The minimum Gasteiger partial charge on any atom is -0.318 e. The molecule has 0 radical (unpaired) electrons. The SMILES string of the molecule is CNCCn1ncc(-c2ccc(C)c(Cl)c2)c1C. The molecule has 2 aromatic rings. The lowest BCUT2D eigenvalue weighted by Gasteiger charge is -2.06. The van der Waals surface area contributed by atoms with E-state index in [1.807, 2.05) is 37.0 Å². The second kappa shape index (κ2) is 5.55. The Morgan fingerprint density at radius 3 is 2.78 bits per heavy atom. The Kier molecular flexibility index (Phi) is 4.04. The van der Waals surface area contributed by atoms with Crippen molar-refractivity contribution in [3.8, 4) is 11.1 Å². The Labute approximate surface area is 113 Å². The third kappa shape index (κ3) is 2.57. The van der Waals surface area contributed by atoms with Gasteiger partial charge in [0.1, 0.15) is 0 Å². The topological polar surface area (TPSA) is 29.9 Å². The molecule has 0 spiro atoms. The molecular weight excluding hydrogens is 246 g/mol. The van der Waals surface area contributed by atoms with E-state index in [1.54, 1.807) is 0 Å². The Balaban J connectivity index is 2.33. The molecule has 96 valence electrons. The van der Waals surface area contributed by atoms with E-state index < -0.39 is 0 Å². The third-order valence-electron chi connectivity index (χ3n) is 3.16. The summed E-state index contributed by atoms with van der Waals surface area (Å²) in [6.07, 6.45) is 1.91. The van der Waals surface area contributed by atoms with Gasteiger partial charge >= 0.3 is 0 Å². The molecule has 4 heteroatoms. The standard InChI is InChI=1S/C14H18ClN3/c1-10-4-5-12(8-14(10)15)13-9-17-18(11(13)2)7-6-16-3/h4-5,8-9,16H,6-7H2,1-3H3. The van der Waals surface area contributed by atoms with Crippen molar-refractivity contribution < 1.29 is 0 Å². The average Bonchev–Trinajstić information content (AvgIpc) is 2.72. The van der Waals surface area contributed by atoms with Gasteiger partial charge in [-0.3, -0.25) is 4.68 Å². The van der Waals surface area contributed by atoms with Gasteiger partial charge in [-0.1, -0.05) is 23.7 Å². The van der Waals surface area contributed by atoms with Crippen molar-refractivity contribution in [1.82, 2.24) is 15.1 Å². The van der Waals surface area contributed by atoms with Crippen LogP contribution in [0.1, 0.15) is 11.3 Å². The first-order chi connectivity index (χ1) is 8.63. The van der Waals surface area contributed by atoms with Gasteiger partial charge in [0.2, 0.25) is 0 Å². The van der Waals surface area contributed by atoms with Crippen LogP contribution >= 0.6 is 11.6 Å². The number of benzene rings is 1. The lowest BCUT2D eigenvalue weighted by atomic mass is 10.1. The van der Waals surface area contributed by atoms with Gasteiger partial charge in [-0.2, -0.15) is 5.10 Å². The second-order valence-electron chi connectivity index (χ2n) is 4.43. The average molecular weight is 264 g/mol. The van der Waals surface area contributed by atoms with Crippen LogP contribution in [0.2, 0.25) is 5.02 Å². The van der Waals surface area contributed by atoms with Gasteiger partial charge in [-0.05, 0) is 38.1 Å². The first-order valence-corrected chi connectivity index (χ1v) is 6.45. The summed E-state index contributed by atoms with van der Waals surface area (Å²) >= 11 is 6.17. The van der Waals surface area contributed by atoms with Gasteiger partial charge in [0.25, 0.3) is 0 Å². The highest BCUT2D eigenvalue weighted by Crippen LogP contribution is 2.27. The molecule has 0 aliphatic carbocycles. The van der Waals surface area contributed by atoms with Crippen LogP contribution in [0.25, 0.3) is 11.1 Å². The molecule has 1 N–H and O–H groups in total. The molecule has 1 heterocycles. The Morgan fingerprint density at radius 2 is 2.11 bits per heavy atom. The van der Waals surface area contributed by atoms with Gasteiger partial charge in [0, 0.05) is 22.8 Å². The highest BCUT2D eigenvalue weighted by molar-refractivity contribution is 6.31. The van der Waals surface area contributed by atoms with Crippen molar-refractivity contribution in [2.75, 3.05) is 13.6 Å². The van der Waals surface area contributed by atoms with E-state index in [0.717, 1.165) is 34.8 Å². The largest absolute Gasteiger partial charge is 0.318 e. The number of rotatable bonds is 4. The van der Waals surface area contributed by atoms with E-state index >= 15 is 0 Å². The molecule has 0 bridgehead atoms. The molecule has 18 heavy (non-hydrogen) atoms. The minimum atomic E-state index is 0.801. The zero-order valence-electron chi connectivity index (χ0n) is 11.0. The van der Waals surface area contributed by atoms with Crippen LogP contribution in [0.5, 0.6) is 0 Å². The molecule has 3 nitrogen and oxygen atoms in total. The number of hydrogen-bond acceptors (Lipinski definition) is 2. The summed E-state index contributed by atoms with van der Waals surface area (Å²) in [7, 11) is 1.94. The zero-order chi connectivity index (χ0) is 13.1. The van der Waals surface area contributed by atoms with Crippen LogP contribution in [-0.4, -0.2) is 23.4 Å². The molecule has 1 aromatic carbocycles. The molecule has 0 saturated carbocycles. The number of halogens is 1. The third-order valence-corrected chi connectivity index (χ3v) is 3.57. The van der Waals surface area contributed by atoms with Gasteiger partial charge in [-0.25, -0.2) is 0 Å². The molecule has 0 saturated heterocycles. The predicted octanol–water partition coefficient (Wildman–Crippen LogP) is 3.04. The normalized spacial score (nSPS) is 10.9. The Bertz CT molecular complexity index is 546. The lowest BCUT2D eigenvalue weighted by Crippen LogP contribution is -2.16. The fourth-order valence-corrected chi connectivity index (χ4v) is 2.11. The van der Waals surface area contributed by atoms with Crippen molar-refractivity contribution >= 4 is 11.6 Å². The van der Waals surface area contributed by atoms with E-state index in [1.165, 1.54) is 5.69 Å². The Hall–Kier alpha value is -1.32. The van der Waals surface area contributed by atoms with E-state index in [9.17, 15) is 0 Å². The maximum absolute atomic E-state index is 6.17. The Morgan fingerprint density at radius 1 is 1.33 bits per heavy atom. The summed E-state index contributed by atoms with van der Waals surface area (Å²) in [5.41, 5.74) is 4.54. The first-order valence-electron chi connectivity index (χ1n) is 6.07. The summed E-state index contributed by atoms with van der Waals surface area (Å²) in [6.45, 7) is 5.89. The molecule has 0 aliphatic heterocycles. The van der Waals surface area contributed by atoms with Crippen molar-refractivity contribution in [1.29, 1.82) is 0 Å². The molecule has 1 aromatic heterocycles. The monoisotopic (exact) mass is 263 g/mol. The van der Waals surface area contributed by atoms with Crippen LogP contribution < -0.4 is 5.32 Å². The van der Waals surface area contributed by atoms with Crippen LogP contribution in [0.3, 0.4) is 0 Å². The minimum absolute atomic E-state index is 0.801. The van der Waals surface area contributed by atoms with Gasteiger partial charge in [-0.15, -0.1) is 0 Å². The van der Waals surface area contributed by atoms with Crippen molar-refractivity contribution in [2.45, 2.75) is 20.4 Å². The summed E-state index contributed by atoms with van der Waals surface area (Å²) in [6, 6.07) is 6.14. The quantitative estimate of drug-likeness (QED) is 0.919. The summed E-state index contributed by atoms with van der Waals surface area (Å²) in [5.74, 6) is 0. The first kappa shape index (κ1) is 13.1. The van der Waals surface area contributed by atoms with Crippen molar-refractivity contribution in [3.63, 3.8) is 0 Å². The van der Waals surface area contributed by atoms with E-state index in [-0.39, 0.29) is 0 Å². The van der Waals surface area contributed by atoms with Crippen LogP contribution in [-0.2, 0) is 6.54 Å². The van der Waals surface area contributed by atoms with Crippen molar-refractivity contribution in [2.24, 2.45) is 0 Å². The lowest BCUT2D eigenvalue weighted by molar-refractivity contribution is 0.572. The number of likely N-dealkylation sites (N-methyl/N-ethyl adjacent to an activating group) is 1. The van der Waals surface area contributed by atoms with Crippen LogP contribution in [0, 0.1) is 13.8 Å². The zero-order valence-corrected chi connectivity index (χ0v) is 11.8. The molecular formula is C14H18ClN3. The molecule has 0 atom stereocenters. The molecule has 2 rings (SSSR count). The molecule has 0 amide bonds. The summed E-state index contributed by atoms with van der Waals surface area (Å²) < 4.78 is 2.01. The highest BCUT2D eigenvalue weighted by atomic mass is 35.5. The predicted molar refractivity (Wildman–Crippen MR) is 76.1 cm³/mol. The second-order valence-corrected chi connectivity index (χ2v) is 4.84. The maximum atomic E-state index is 6.17. The van der Waals surface area contributed by atoms with E-state index in [2.05, 4.69) is 23.4 Å². The van der Waals surface area contributed by atoms with Gasteiger partial charge in [0.05, 0.1) is 12.7 Å². The number of aryl methyl sites for hydroxylation is 1. The number of nitrogens with one attached hydrogen (secondary N) is 1. The van der Waals surface area contributed by atoms with Crippen LogP contribution in [0.15, 0.2) is 24.4 Å². The van der Waals surface area contributed by atoms with Gasteiger partial charge in [0.15, 0.2) is 0 Å². The fourth-order valence-electron chi connectivity index (χ4n) is 1.93. The van der Waals surface area contributed by atoms with E-state index in [4.69, 9.17) is 11.6 Å². The molecule has 0 unspecified atom stereocenters. The smallest absolute Gasteiger partial charge is 0.0571 e. The van der Waals surface area contributed by atoms with Gasteiger partial charge < -0.3 is 5.32 Å². The molecule has 0 fully saturated rings. The highest BCUT2D eigenvalue weighted by Gasteiger charge is 2.09. The van der Waals surface area contributed by atoms with Crippen molar-refractivity contribution in [3.05, 3.63) is 40.7 Å². The maximum Gasteiger partial charge on any atom is 0.0571 e.